The fraction of sp³-hybridized carbons (Fsp3) is 0.360. The summed E-state index contributed by atoms with van der Waals surface area (Å²) >= 11 is 1.70. The van der Waals surface area contributed by atoms with Gasteiger partial charge in [0.2, 0.25) is 0 Å². The molecule has 1 unspecified atom stereocenters. The van der Waals surface area contributed by atoms with Crippen LogP contribution in [0.1, 0.15) is 49.9 Å². The Hall–Kier alpha value is -2.70. The van der Waals surface area contributed by atoms with E-state index in [-0.39, 0.29) is 18.7 Å². The fourth-order valence-electron chi connectivity index (χ4n) is 4.20. The van der Waals surface area contributed by atoms with Gasteiger partial charge in [0.25, 0.3) is 0 Å². The maximum Gasteiger partial charge on any atom is 0.317 e. The molecule has 5 nitrogen and oxygen atoms in total. The van der Waals surface area contributed by atoms with Crippen molar-refractivity contribution >= 4 is 17.3 Å². The number of ether oxygens (including phenoxy) is 1. The van der Waals surface area contributed by atoms with Crippen molar-refractivity contribution in [2.24, 2.45) is 0 Å². The van der Waals surface area contributed by atoms with Crippen LogP contribution in [0.2, 0.25) is 0 Å². The van der Waals surface area contributed by atoms with Gasteiger partial charge in [-0.2, -0.15) is 0 Å². The molecule has 0 bridgehead atoms. The van der Waals surface area contributed by atoms with E-state index in [1.807, 2.05) is 26.1 Å². The molecule has 3 aromatic rings. The van der Waals surface area contributed by atoms with Crippen LogP contribution in [0.4, 0.5) is 0 Å². The number of aromatic nitrogens is 1. The Morgan fingerprint density at radius 2 is 2.16 bits per heavy atom. The first-order valence-corrected chi connectivity index (χ1v) is 11.6. The molecular weight excluding hydrogens is 408 g/mol. The van der Waals surface area contributed by atoms with E-state index >= 15 is 0 Å². The number of carboxylic acids is 1. The van der Waals surface area contributed by atoms with Gasteiger partial charge in [-0.1, -0.05) is 25.1 Å². The van der Waals surface area contributed by atoms with Gasteiger partial charge in [0.05, 0.1) is 17.5 Å². The first kappa shape index (κ1) is 21.5. The number of nitrogens with one attached hydrogen (secondary N) is 1. The molecule has 0 fully saturated rings. The van der Waals surface area contributed by atoms with Crippen molar-refractivity contribution in [3.05, 3.63) is 59.3 Å². The summed E-state index contributed by atoms with van der Waals surface area (Å²) < 4.78 is 5.94. The van der Waals surface area contributed by atoms with Crippen molar-refractivity contribution < 1.29 is 14.6 Å². The number of carbonyl (C=O) groups is 1. The highest BCUT2D eigenvalue weighted by Crippen LogP contribution is 2.41. The minimum absolute atomic E-state index is 0.0185. The van der Waals surface area contributed by atoms with Crippen LogP contribution < -0.4 is 10.1 Å². The van der Waals surface area contributed by atoms with Crippen LogP contribution in [0.15, 0.2) is 42.6 Å². The molecule has 162 valence electrons. The summed E-state index contributed by atoms with van der Waals surface area (Å²) in [6.45, 7) is 6.21. The number of aryl methyl sites for hydroxylation is 1. The first-order valence-electron chi connectivity index (χ1n) is 10.8. The summed E-state index contributed by atoms with van der Waals surface area (Å²) in [5.41, 5.74) is 6.01. The highest BCUT2D eigenvalue weighted by molar-refractivity contribution is 7.18. The summed E-state index contributed by atoms with van der Waals surface area (Å²) in [6.07, 6.45) is 4.87. The van der Waals surface area contributed by atoms with Crippen molar-refractivity contribution in [1.29, 1.82) is 0 Å². The fourth-order valence-corrected chi connectivity index (χ4v) is 5.16. The normalized spacial score (nSPS) is 15.3. The molecule has 0 saturated heterocycles. The third-order valence-corrected chi connectivity index (χ3v) is 6.67. The van der Waals surface area contributed by atoms with Crippen LogP contribution in [-0.2, 0) is 17.6 Å². The largest absolute Gasteiger partial charge is 0.491 e. The number of hydrogen-bond acceptors (Lipinski definition) is 5. The molecule has 6 heteroatoms. The molecule has 4 rings (SSSR count). The average molecular weight is 437 g/mol. The Labute approximate surface area is 187 Å². The lowest BCUT2D eigenvalue weighted by molar-refractivity contribution is -0.136. The minimum Gasteiger partial charge on any atom is -0.491 e. The van der Waals surface area contributed by atoms with Crippen LogP contribution in [-0.4, -0.2) is 28.7 Å². The van der Waals surface area contributed by atoms with Crippen molar-refractivity contribution in [3.63, 3.8) is 0 Å². The van der Waals surface area contributed by atoms with Crippen LogP contribution in [0.5, 0.6) is 5.75 Å². The average Bonchev–Trinajstić information content (AvgIpc) is 3.39. The molecule has 1 atom stereocenters. The molecule has 0 aliphatic heterocycles. The van der Waals surface area contributed by atoms with Gasteiger partial charge in [0.1, 0.15) is 10.8 Å². The van der Waals surface area contributed by atoms with E-state index in [2.05, 4.69) is 42.6 Å². The smallest absolute Gasteiger partial charge is 0.317 e. The lowest BCUT2D eigenvalue weighted by atomic mass is 10.0. The van der Waals surface area contributed by atoms with Crippen molar-refractivity contribution in [3.8, 4) is 26.8 Å². The van der Waals surface area contributed by atoms with E-state index in [0.717, 1.165) is 40.5 Å². The van der Waals surface area contributed by atoms with E-state index in [0.29, 0.717) is 0 Å². The maximum atomic E-state index is 10.9. The molecule has 2 N–H and O–H groups in total. The third kappa shape index (κ3) is 4.65. The lowest BCUT2D eigenvalue weighted by Crippen LogP contribution is -2.25. The summed E-state index contributed by atoms with van der Waals surface area (Å²) in [5.74, 6) is 0.117. The third-order valence-electron chi connectivity index (χ3n) is 5.59. The van der Waals surface area contributed by atoms with Gasteiger partial charge >= 0.3 is 5.97 Å². The molecule has 0 amide bonds. The van der Waals surface area contributed by atoms with E-state index in [1.165, 1.54) is 22.3 Å². The molecular formula is C25H28N2O3S. The molecule has 2 aromatic carbocycles. The topological polar surface area (TPSA) is 71.5 Å². The van der Waals surface area contributed by atoms with Gasteiger partial charge in [-0.05, 0) is 73.6 Å². The van der Waals surface area contributed by atoms with Crippen LogP contribution in [0.25, 0.3) is 21.0 Å². The number of fused-ring (bicyclic) bond motifs is 1. The predicted octanol–water partition coefficient (Wildman–Crippen LogP) is 5.49. The van der Waals surface area contributed by atoms with Gasteiger partial charge in [0.15, 0.2) is 0 Å². The number of benzene rings is 2. The van der Waals surface area contributed by atoms with Crippen LogP contribution in [0.3, 0.4) is 0 Å². The van der Waals surface area contributed by atoms with Crippen LogP contribution >= 0.6 is 11.3 Å². The molecule has 0 saturated carbocycles. The van der Waals surface area contributed by atoms with Crippen molar-refractivity contribution in [2.75, 3.05) is 6.54 Å². The predicted molar refractivity (Wildman–Crippen MR) is 125 cm³/mol. The summed E-state index contributed by atoms with van der Waals surface area (Å²) in [5, 5.41) is 13.1. The van der Waals surface area contributed by atoms with E-state index in [1.54, 1.807) is 11.3 Å². The molecule has 1 aliphatic rings. The van der Waals surface area contributed by atoms with E-state index < -0.39 is 5.97 Å². The second-order valence-corrected chi connectivity index (χ2v) is 9.14. The monoisotopic (exact) mass is 436 g/mol. The Bertz CT molecular complexity index is 1090. The quantitative estimate of drug-likeness (QED) is 0.489. The molecule has 31 heavy (non-hydrogen) atoms. The van der Waals surface area contributed by atoms with Crippen molar-refractivity contribution in [2.45, 2.75) is 52.2 Å². The number of aliphatic carboxylic acids is 1. The van der Waals surface area contributed by atoms with Gasteiger partial charge in [-0.15, -0.1) is 11.3 Å². The zero-order valence-corrected chi connectivity index (χ0v) is 19.0. The zero-order chi connectivity index (χ0) is 22.0. The number of hydrogen-bond donors (Lipinski definition) is 2. The molecule has 0 radical (unpaired) electrons. The number of rotatable bonds is 8. The first-order chi connectivity index (χ1) is 15.0. The number of carboxylic acid groups (broad SMARTS) is 1. The Morgan fingerprint density at radius 1 is 1.32 bits per heavy atom. The zero-order valence-electron chi connectivity index (χ0n) is 18.1. The maximum absolute atomic E-state index is 10.9. The Balaban J connectivity index is 1.61. The SMILES string of the molecule is CCc1cc(-c2ncc(-c3cccc4c3CCC4NCC(=O)O)s2)ccc1OC(C)C. The number of nitrogens with zero attached hydrogens (tertiary/aromatic N) is 1. The van der Waals surface area contributed by atoms with Crippen LogP contribution in [0, 0.1) is 0 Å². The molecule has 0 spiro atoms. The summed E-state index contributed by atoms with van der Waals surface area (Å²) in [7, 11) is 0. The second kappa shape index (κ2) is 9.20. The van der Waals surface area contributed by atoms with Gasteiger partial charge in [0, 0.05) is 17.8 Å². The second-order valence-electron chi connectivity index (χ2n) is 8.11. The van der Waals surface area contributed by atoms with Gasteiger partial charge in [-0.25, -0.2) is 4.98 Å². The lowest BCUT2D eigenvalue weighted by Gasteiger charge is -2.14. The van der Waals surface area contributed by atoms with Gasteiger partial charge < -0.3 is 15.2 Å². The Morgan fingerprint density at radius 3 is 2.90 bits per heavy atom. The molecule has 1 heterocycles. The summed E-state index contributed by atoms with van der Waals surface area (Å²) in [6, 6.07) is 12.7. The highest BCUT2D eigenvalue weighted by Gasteiger charge is 2.25. The van der Waals surface area contributed by atoms with Crippen molar-refractivity contribution in [1.82, 2.24) is 10.3 Å². The van der Waals surface area contributed by atoms with Gasteiger partial charge in [-0.3, -0.25) is 4.79 Å². The van der Waals surface area contributed by atoms with E-state index in [9.17, 15) is 4.79 Å². The molecule has 1 aliphatic carbocycles. The van der Waals surface area contributed by atoms with E-state index in [4.69, 9.17) is 14.8 Å². The summed E-state index contributed by atoms with van der Waals surface area (Å²) in [4.78, 5) is 16.8. The standard InChI is InChI=1S/C25H28N2O3S/c1-4-16-12-17(8-11-22(16)30-15(2)3)25-27-13-23(31-25)20-7-5-6-19-18(20)9-10-21(19)26-14-24(28)29/h5-8,11-13,15,21,26H,4,9-10,14H2,1-3H3,(H,28,29). The Kier molecular flexibility index (Phi) is 6.39. The number of thiazole rings is 1. The molecule has 1 aromatic heterocycles. The highest BCUT2D eigenvalue weighted by atomic mass is 32.1. The minimum atomic E-state index is -0.826.